The molecular formula is C15H13F3N2O. The monoisotopic (exact) mass is 294 g/mol. The fourth-order valence-electron chi connectivity index (χ4n) is 1.88. The van der Waals surface area contributed by atoms with Gasteiger partial charge in [0.1, 0.15) is 0 Å². The number of halogens is 3. The molecule has 0 aliphatic heterocycles. The van der Waals surface area contributed by atoms with Gasteiger partial charge in [-0.25, -0.2) is 0 Å². The van der Waals surface area contributed by atoms with Gasteiger partial charge in [0, 0.05) is 5.69 Å². The predicted octanol–water partition coefficient (Wildman–Crippen LogP) is 3.47. The molecule has 0 unspecified atom stereocenters. The van der Waals surface area contributed by atoms with Crippen LogP contribution in [0.4, 0.5) is 24.5 Å². The number of rotatable bonds is 3. The highest BCUT2D eigenvalue weighted by Gasteiger charge is 2.34. The van der Waals surface area contributed by atoms with Crippen molar-refractivity contribution >= 4 is 17.3 Å². The lowest BCUT2D eigenvalue weighted by Gasteiger charge is -2.14. The van der Waals surface area contributed by atoms with E-state index in [9.17, 15) is 18.0 Å². The second kappa shape index (κ2) is 5.87. The van der Waals surface area contributed by atoms with E-state index in [1.165, 1.54) is 6.07 Å². The van der Waals surface area contributed by atoms with Gasteiger partial charge >= 0.3 is 6.18 Å². The van der Waals surface area contributed by atoms with E-state index in [4.69, 9.17) is 5.73 Å². The molecule has 1 amide bonds. The summed E-state index contributed by atoms with van der Waals surface area (Å²) in [6.07, 6.45) is -4.58. The van der Waals surface area contributed by atoms with Gasteiger partial charge < -0.3 is 11.1 Å². The molecule has 0 saturated heterocycles. The topological polar surface area (TPSA) is 55.1 Å². The van der Waals surface area contributed by atoms with Crippen LogP contribution in [0.3, 0.4) is 0 Å². The number of carbonyl (C=O) groups is 1. The third-order valence-electron chi connectivity index (χ3n) is 2.83. The molecule has 0 atom stereocenters. The van der Waals surface area contributed by atoms with Crippen LogP contribution >= 0.6 is 0 Å². The summed E-state index contributed by atoms with van der Waals surface area (Å²) in [5, 5.41) is 2.28. The van der Waals surface area contributed by atoms with Gasteiger partial charge in [-0.2, -0.15) is 13.2 Å². The molecule has 110 valence electrons. The summed E-state index contributed by atoms with van der Waals surface area (Å²) in [4.78, 5) is 11.8. The summed E-state index contributed by atoms with van der Waals surface area (Å²) >= 11 is 0. The van der Waals surface area contributed by atoms with Crippen molar-refractivity contribution in [3.05, 3.63) is 59.7 Å². The Balaban J connectivity index is 2.18. The van der Waals surface area contributed by atoms with Crippen molar-refractivity contribution in [2.24, 2.45) is 0 Å². The molecule has 0 radical (unpaired) electrons. The number of nitrogens with one attached hydrogen (secondary N) is 1. The lowest BCUT2D eigenvalue weighted by molar-refractivity contribution is -0.136. The van der Waals surface area contributed by atoms with Gasteiger partial charge in [0.15, 0.2) is 0 Å². The smallest absolute Gasteiger partial charge is 0.399 e. The molecule has 0 aliphatic rings. The maximum atomic E-state index is 12.9. The lowest BCUT2D eigenvalue weighted by atomic mass is 10.1. The third-order valence-corrected chi connectivity index (χ3v) is 2.83. The Morgan fingerprint density at radius 2 is 1.76 bits per heavy atom. The summed E-state index contributed by atoms with van der Waals surface area (Å²) in [6.45, 7) is 0. The minimum absolute atomic E-state index is 0.00249. The SMILES string of the molecule is Nc1ccc(NC(=O)Cc2ccccc2)c(C(F)(F)F)c1. The molecule has 3 nitrogen and oxygen atoms in total. The van der Waals surface area contributed by atoms with Crippen molar-refractivity contribution in [2.75, 3.05) is 11.1 Å². The van der Waals surface area contributed by atoms with Gasteiger partial charge in [-0.3, -0.25) is 4.79 Å². The molecule has 0 heterocycles. The Kier molecular flexibility index (Phi) is 4.16. The Hall–Kier alpha value is -2.50. The number of alkyl halides is 3. The third kappa shape index (κ3) is 3.98. The second-order valence-corrected chi connectivity index (χ2v) is 4.51. The Morgan fingerprint density at radius 3 is 2.38 bits per heavy atom. The standard InChI is InChI=1S/C15H13F3N2O/c16-15(17,18)12-9-11(19)6-7-13(12)20-14(21)8-10-4-2-1-3-5-10/h1-7,9H,8,19H2,(H,20,21). The predicted molar refractivity (Wildman–Crippen MR) is 74.6 cm³/mol. The molecule has 2 rings (SSSR count). The van der Waals surface area contributed by atoms with Gasteiger partial charge in [0.05, 0.1) is 17.7 Å². The number of nitrogen functional groups attached to an aromatic ring is 1. The molecule has 0 aromatic heterocycles. The van der Waals surface area contributed by atoms with Crippen molar-refractivity contribution in [2.45, 2.75) is 12.6 Å². The summed E-state index contributed by atoms with van der Waals surface area (Å²) < 4.78 is 38.7. The first-order chi connectivity index (χ1) is 9.86. The van der Waals surface area contributed by atoms with Crippen LogP contribution in [0.5, 0.6) is 0 Å². The summed E-state index contributed by atoms with van der Waals surface area (Å²) in [7, 11) is 0. The normalized spacial score (nSPS) is 11.2. The molecule has 3 N–H and O–H groups in total. The van der Waals surface area contributed by atoms with Gasteiger partial charge in [0.2, 0.25) is 5.91 Å². The Bertz CT molecular complexity index is 639. The number of amides is 1. The number of carbonyl (C=O) groups excluding carboxylic acids is 1. The van der Waals surface area contributed by atoms with E-state index < -0.39 is 17.6 Å². The maximum Gasteiger partial charge on any atom is 0.418 e. The number of benzene rings is 2. The zero-order chi connectivity index (χ0) is 15.5. The van der Waals surface area contributed by atoms with E-state index in [0.29, 0.717) is 0 Å². The van der Waals surface area contributed by atoms with E-state index >= 15 is 0 Å². The lowest BCUT2D eigenvalue weighted by Crippen LogP contribution is -2.18. The molecule has 6 heteroatoms. The molecule has 21 heavy (non-hydrogen) atoms. The highest BCUT2D eigenvalue weighted by molar-refractivity contribution is 5.93. The highest BCUT2D eigenvalue weighted by Crippen LogP contribution is 2.36. The molecule has 2 aromatic carbocycles. The van der Waals surface area contributed by atoms with Crippen LogP contribution < -0.4 is 11.1 Å². The van der Waals surface area contributed by atoms with Crippen LogP contribution in [-0.4, -0.2) is 5.91 Å². The van der Waals surface area contributed by atoms with Crippen molar-refractivity contribution in [1.29, 1.82) is 0 Å². The molecule has 0 saturated carbocycles. The van der Waals surface area contributed by atoms with Crippen LogP contribution in [-0.2, 0) is 17.4 Å². The zero-order valence-electron chi connectivity index (χ0n) is 10.9. The number of nitrogens with two attached hydrogens (primary N) is 1. The van der Waals surface area contributed by atoms with Gasteiger partial charge in [0.25, 0.3) is 0 Å². The quantitative estimate of drug-likeness (QED) is 0.852. The first kappa shape index (κ1) is 14.9. The molecule has 0 spiro atoms. The van der Waals surface area contributed by atoms with Crippen molar-refractivity contribution < 1.29 is 18.0 Å². The van der Waals surface area contributed by atoms with Crippen LogP contribution in [0.1, 0.15) is 11.1 Å². The molecule has 0 aliphatic carbocycles. The van der Waals surface area contributed by atoms with E-state index in [1.807, 2.05) is 0 Å². The zero-order valence-corrected chi connectivity index (χ0v) is 10.9. The van der Waals surface area contributed by atoms with Crippen molar-refractivity contribution in [1.82, 2.24) is 0 Å². The van der Waals surface area contributed by atoms with Crippen LogP contribution in [0.25, 0.3) is 0 Å². The molecule has 0 fully saturated rings. The van der Waals surface area contributed by atoms with Gasteiger partial charge in [-0.05, 0) is 23.8 Å². The Labute approximate surface area is 119 Å². The minimum atomic E-state index is -4.58. The number of hydrogen-bond donors (Lipinski definition) is 2. The largest absolute Gasteiger partial charge is 0.418 e. The average molecular weight is 294 g/mol. The fraction of sp³-hybridized carbons (Fsp3) is 0.133. The van der Waals surface area contributed by atoms with Gasteiger partial charge in [-0.1, -0.05) is 30.3 Å². The van der Waals surface area contributed by atoms with E-state index in [2.05, 4.69) is 5.32 Å². The minimum Gasteiger partial charge on any atom is -0.399 e. The van der Waals surface area contributed by atoms with E-state index in [0.717, 1.165) is 17.7 Å². The molecule has 0 bridgehead atoms. The van der Waals surface area contributed by atoms with Crippen molar-refractivity contribution in [3.63, 3.8) is 0 Å². The van der Waals surface area contributed by atoms with Crippen LogP contribution in [0.2, 0.25) is 0 Å². The summed E-state index contributed by atoms with van der Waals surface area (Å²) in [6, 6.07) is 12.0. The number of hydrogen-bond acceptors (Lipinski definition) is 2. The first-order valence-corrected chi connectivity index (χ1v) is 6.17. The van der Waals surface area contributed by atoms with Crippen LogP contribution in [0.15, 0.2) is 48.5 Å². The van der Waals surface area contributed by atoms with Crippen molar-refractivity contribution in [3.8, 4) is 0 Å². The summed E-state index contributed by atoms with van der Waals surface area (Å²) in [5.41, 5.74) is 4.83. The maximum absolute atomic E-state index is 12.9. The average Bonchev–Trinajstić information content (AvgIpc) is 2.40. The molecule has 2 aromatic rings. The van der Waals surface area contributed by atoms with Gasteiger partial charge in [-0.15, -0.1) is 0 Å². The first-order valence-electron chi connectivity index (χ1n) is 6.17. The summed E-state index contributed by atoms with van der Waals surface area (Å²) in [5.74, 6) is -0.517. The van der Waals surface area contributed by atoms with E-state index in [1.54, 1.807) is 30.3 Å². The highest BCUT2D eigenvalue weighted by atomic mass is 19.4. The second-order valence-electron chi connectivity index (χ2n) is 4.51. The van der Waals surface area contributed by atoms with E-state index in [-0.39, 0.29) is 17.8 Å². The van der Waals surface area contributed by atoms with Crippen LogP contribution in [0, 0.1) is 0 Å². The fourth-order valence-corrected chi connectivity index (χ4v) is 1.88. The number of anilines is 2. The Morgan fingerprint density at radius 1 is 1.10 bits per heavy atom. The molecular weight excluding hydrogens is 281 g/mol.